The summed E-state index contributed by atoms with van der Waals surface area (Å²) in [6.07, 6.45) is 2.42. The van der Waals surface area contributed by atoms with Crippen LogP contribution in [0.4, 0.5) is 0 Å². The average molecular weight is 237 g/mol. The Bertz CT molecular complexity index is 392. The SMILES string of the molecule is CCn1nc(C)c(CC2(O)CCNCC2)c1C. The van der Waals surface area contributed by atoms with Gasteiger partial charge in [-0.2, -0.15) is 5.10 Å². The fraction of sp³-hybridized carbons (Fsp3) is 0.769. The Morgan fingerprint density at radius 1 is 1.35 bits per heavy atom. The van der Waals surface area contributed by atoms with Crippen LogP contribution >= 0.6 is 0 Å². The van der Waals surface area contributed by atoms with Gasteiger partial charge >= 0.3 is 0 Å². The van der Waals surface area contributed by atoms with Crippen LogP contribution in [0, 0.1) is 13.8 Å². The molecular weight excluding hydrogens is 214 g/mol. The fourth-order valence-corrected chi connectivity index (χ4v) is 2.70. The summed E-state index contributed by atoms with van der Waals surface area (Å²) in [5.41, 5.74) is 2.96. The molecule has 0 unspecified atom stereocenters. The highest BCUT2D eigenvalue weighted by molar-refractivity contribution is 5.26. The average Bonchev–Trinajstić information content (AvgIpc) is 2.57. The first-order valence-electron chi connectivity index (χ1n) is 6.52. The van der Waals surface area contributed by atoms with Crippen LogP contribution in [0.25, 0.3) is 0 Å². The zero-order valence-electron chi connectivity index (χ0n) is 11.1. The molecule has 0 amide bonds. The van der Waals surface area contributed by atoms with Crippen molar-refractivity contribution < 1.29 is 5.11 Å². The van der Waals surface area contributed by atoms with Crippen molar-refractivity contribution in [1.29, 1.82) is 0 Å². The molecule has 4 heteroatoms. The van der Waals surface area contributed by atoms with E-state index in [-0.39, 0.29) is 0 Å². The maximum absolute atomic E-state index is 10.6. The normalized spacial score (nSPS) is 19.5. The van der Waals surface area contributed by atoms with Crippen molar-refractivity contribution in [1.82, 2.24) is 15.1 Å². The maximum atomic E-state index is 10.6. The van der Waals surface area contributed by atoms with Crippen LogP contribution in [0.3, 0.4) is 0 Å². The van der Waals surface area contributed by atoms with Crippen molar-refractivity contribution in [3.8, 4) is 0 Å². The number of aryl methyl sites for hydroxylation is 2. The number of rotatable bonds is 3. The van der Waals surface area contributed by atoms with Crippen LogP contribution in [-0.4, -0.2) is 33.6 Å². The highest BCUT2D eigenvalue weighted by Gasteiger charge is 2.31. The molecule has 1 fully saturated rings. The number of nitrogens with zero attached hydrogens (tertiary/aromatic N) is 2. The molecule has 1 aliphatic heterocycles. The Morgan fingerprint density at radius 2 is 2.00 bits per heavy atom. The van der Waals surface area contributed by atoms with Gasteiger partial charge in [-0.15, -0.1) is 0 Å². The predicted octanol–water partition coefficient (Wildman–Crippen LogP) is 1.18. The van der Waals surface area contributed by atoms with E-state index in [0.29, 0.717) is 0 Å². The van der Waals surface area contributed by atoms with Crippen LogP contribution in [0.5, 0.6) is 0 Å². The summed E-state index contributed by atoms with van der Waals surface area (Å²) in [5.74, 6) is 0. The van der Waals surface area contributed by atoms with Crippen LogP contribution in [0.15, 0.2) is 0 Å². The summed E-state index contributed by atoms with van der Waals surface area (Å²) in [6.45, 7) is 8.96. The Morgan fingerprint density at radius 3 is 2.53 bits per heavy atom. The predicted molar refractivity (Wildman–Crippen MR) is 68.1 cm³/mol. The van der Waals surface area contributed by atoms with Crippen molar-refractivity contribution in [3.05, 3.63) is 17.0 Å². The molecule has 2 N–H and O–H groups in total. The van der Waals surface area contributed by atoms with E-state index in [1.165, 1.54) is 11.3 Å². The second-order valence-corrected chi connectivity index (χ2v) is 5.12. The number of aliphatic hydroxyl groups is 1. The van der Waals surface area contributed by atoms with Gasteiger partial charge in [-0.05, 0) is 52.3 Å². The minimum absolute atomic E-state index is 0.539. The second kappa shape index (κ2) is 4.78. The number of aromatic nitrogens is 2. The summed E-state index contributed by atoms with van der Waals surface area (Å²) in [7, 11) is 0. The first-order valence-corrected chi connectivity index (χ1v) is 6.52. The van der Waals surface area contributed by atoms with Gasteiger partial charge in [0.15, 0.2) is 0 Å². The van der Waals surface area contributed by atoms with Crippen molar-refractivity contribution >= 4 is 0 Å². The lowest BCUT2D eigenvalue weighted by atomic mass is 9.85. The third-order valence-electron chi connectivity index (χ3n) is 3.87. The zero-order valence-corrected chi connectivity index (χ0v) is 11.1. The van der Waals surface area contributed by atoms with Crippen LogP contribution in [0.1, 0.15) is 36.7 Å². The third kappa shape index (κ3) is 2.53. The Balaban J connectivity index is 2.20. The monoisotopic (exact) mass is 237 g/mol. The Kier molecular flexibility index (Phi) is 3.54. The molecule has 0 saturated carbocycles. The molecule has 1 saturated heterocycles. The van der Waals surface area contributed by atoms with Crippen LogP contribution in [0.2, 0.25) is 0 Å². The first-order chi connectivity index (χ1) is 8.06. The maximum Gasteiger partial charge on any atom is 0.0713 e. The van der Waals surface area contributed by atoms with Crippen molar-refractivity contribution in [2.45, 2.75) is 52.2 Å². The molecular formula is C13H23N3O. The van der Waals surface area contributed by atoms with E-state index in [2.05, 4.69) is 24.3 Å². The smallest absolute Gasteiger partial charge is 0.0713 e. The van der Waals surface area contributed by atoms with E-state index in [1.54, 1.807) is 0 Å². The van der Waals surface area contributed by atoms with E-state index in [4.69, 9.17) is 0 Å². The van der Waals surface area contributed by atoms with E-state index in [0.717, 1.165) is 44.6 Å². The molecule has 0 aliphatic carbocycles. The van der Waals surface area contributed by atoms with E-state index < -0.39 is 5.60 Å². The lowest BCUT2D eigenvalue weighted by Crippen LogP contribution is -2.43. The first kappa shape index (κ1) is 12.6. The highest BCUT2D eigenvalue weighted by atomic mass is 16.3. The van der Waals surface area contributed by atoms with Gasteiger partial charge in [-0.25, -0.2) is 0 Å². The molecule has 2 heterocycles. The lowest BCUT2D eigenvalue weighted by molar-refractivity contribution is 0.0106. The standard InChI is InChI=1S/C13H23N3O/c1-4-16-11(3)12(10(2)15-16)9-13(17)5-7-14-8-6-13/h14,17H,4-9H2,1-3H3. The van der Waals surface area contributed by atoms with Gasteiger partial charge < -0.3 is 10.4 Å². The summed E-state index contributed by atoms with van der Waals surface area (Å²) < 4.78 is 2.02. The minimum atomic E-state index is -0.539. The molecule has 0 radical (unpaired) electrons. The van der Waals surface area contributed by atoms with Crippen LogP contribution < -0.4 is 5.32 Å². The van der Waals surface area contributed by atoms with E-state index >= 15 is 0 Å². The summed E-state index contributed by atoms with van der Waals surface area (Å²) in [5, 5.41) is 18.4. The lowest BCUT2D eigenvalue weighted by Gasteiger charge is -2.32. The largest absolute Gasteiger partial charge is 0.389 e. The van der Waals surface area contributed by atoms with Crippen molar-refractivity contribution in [3.63, 3.8) is 0 Å². The number of piperidine rings is 1. The molecule has 1 aromatic rings. The molecule has 4 nitrogen and oxygen atoms in total. The molecule has 1 aromatic heterocycles. The molecule has 0 atom stereocenters. The molecule has 96 valence electrons. The van der Waals surface area contributed by atoms with E-state index in [1.807, 2.05) is 11.6 Å². The number of hydrogen-bond donors (Lipinski definition) is 2. The number of nitrogens with one attached hydrogen (secondary N) is 1. The van der Waals surface area contributed by atoms with Gasteiger partial charge in [0, 0.05) is 18.7 Å². The summed E-state index contributed by atoms with van der Waals surface area (Å²) in [4.78, 5) is 0. The fourth-order valence-electron chi connectivity index (χ4n) is 2.70. The second-order valence-electron chi connectivity index (χ2n) is 5.12. The van der Waals surface area contributed by atoms with E-state index in [9.17, 15) is 5.11 Å². The van der Waals surface area contributed by atoms with Gasteiger partial charge in [0.05, 0.1) is 11.3 Å². The number of hydrogen-bond acceptors (Lipinski definition) is 3. The molecule has 0 aromatic carbocycles. The molecule has 2 rings (SSSR count). The van der Waals surface area contributed by atoms with Gasteiger partial charge in [0.2, 0.25) is 0 Å². The summed E-state index contributed by atoms with van der Waals surface area (Å²) >= 11 is 0. The van der Waals surface area contributed by atoms with Gasteiger partial charge in [-0.1, -0.05) is 0 Å². The Hall–Kier alpha value is -0.870. The third-order valence-corrected chi connectivity index (χ3v) is 3.87. The van der Waals surface area contributed by atoms with Crippen molar-refractivity contribution in [2.24, 2.45) is 0 Å². The highest BCUT2D eigenvalue weighted by Crippen LogP contribution is 2.26. The van der Waals surface area contributed by atoms with Crippen molar-refractivity contribution in [2.75, 3.05) is 13.1 Å². The van der Waals surface area contributed by atoms with Gasteiger partial charge in [0.1, 0.15) is 0 Å². The minimum Gasteiger partial charge on any atom is -0.389 e. The molecule has 17 heavy (non-hydrogen) atoms. The molecule has 1 aliphatic rings. The quantitative estimate of drug-likeness (QED) is 0.830. The molecule has 0 bridgehead atoms. The summed E-state index contributed by atoms with van der Waals surface area (Å²) in [6, 6.07) is 0. The van der Waals surface area contributed by atoms with Gasteiger partial charge in [0.25, 0.3) is 0 Å². The van der Waals surface area contributed by atoms with Gasteiger partial charge in [-0.3, -0.25) is 4.68 Å². The zero-order chi connectivity index (χ0) is 12.5. The topological polar surface area (TPSA) is 50.1 Å². The molecule has 0 spiro atoms. The Labute approximate surface area is 103 Å². The van der Waals surface area contributed by atoms with Crippen LogP contribution in [-0.2, 0) is 13.0 Å².